The van der Waals surface area contributed by atoms with Crippen LogP contribution in [0.5, 0.6) is 0 Å². The van der Waals surface area contributed by atoms with Crippen LogP contribution in [0.4, 0.5) is 4.79 Å². The number of ether oxygens (including phenoxy) is 2. The first-order chi connectivity index (χ1) is 21.1. The normalized spacial score (nSPS) is 25.0. The maximum absolute atomic E-state index is 13.5. The van der Waals surface area contributed by atoms with E-state index in [1.165, 1.54) is 22.3 Å². The molecule has 1 amide bonds. The van der Waals surface area contributed by atoms with E-state index in [2.05, 4.69) is 24.3 Å². The molecule has 1 aliphatic carbocycles. The molecule has 2 unspecified atom stereocenters. The van der Waals surface area contributed by atoms with E-state index in [0.29, 0.717) is 32.5 Å². The third-order valence-electron chi connectivity index (χ3n) is 10.4. The Morgan fingerprint density at radius 2 is 1.36 bits per heavy atom. The van der Waals surface area contributed by atoms with Crippen molar-refractivity contribution < 1.29 is 28.4 Å². The minimum atomic E-state index is -0.425. The van der Waals surface area contributed by atoms with Crippen molar-refractivity contribution >= 4 is 24.5 Å². The van der Waals surface area contributed by atoms with Crippen LogP contribution in [-0.2, 0) is 30.0 Å². The van der Waals surface area contributed by atoms with Gasteiger partial charge in [-0.25, -0.2) is 4.79 Å². The Labute approximate surface area is 260 Å². The van der Waals surface area contributed by atoms with Crippen LogP contribution in [-0.4, -0.2) is 67.0 Å². The number of amides is 1. The first-order valence-corrected chi connectivity index (χ1v) is 15.8. The number of Topliss-reactive ketones (excluding diaryl/α,β-unsaturated/α-hetero) is 1. The summed E-state index contributed by atoms with van der Waals surface area (Å²) in [5.41, 5.74) is 5.91. The van der Waals surface area contributed by atoms with E-state index >= 15 is 0 Å². The van der Waals surface area contributed by atoms with Gasteiger partial charge in [0.25, 0.3) is 0 Å². The van der Waals surface area contributed by atoms with Crippen molar-refractivity contribution in [1.29, 1.82) is 0 Å². The molecule has 3 saturated heterocycles. The summed E-state index contributed by atoms with van der Waals surface area (Å²) in [6, 6.07) is 24.3. The Bertz CT molecular complexity index is 1490. The van der Waals surface area contributed by atoms with Gasteiger partial charge in [-0.1, -0.05) is 72.8 Å². The van der Waals surface area contributed by atoms with Crippen molar-refractivity contribution in [2.45, 2.75) is 76.2 Å². The fourth-order valence-corrected chi connectivity index (χ4v) is 7.26. The lowest BCUT2D eigenvalue weighted by Crippen LogP contribution is -2.60. The number of carbonyl (C=O) groups is 2. The van der Waals surface area contributed by atoms with Gasteiger partial charge < -0.3 is 18.8 Å². The zero-order valence-electron chi connectivity index (χ0n) is 26.0. The number of ketones is 1. The molecule has 3 fully saturated rings. The van der Waals surface area contributed by atoms with Crippen molar-refractivity contribution in [1.82, 2.24) is 4.90 Å². The SMILES string of the molecule is CC1(C)OB(c2ccc(CC(=O)C3CC4COCC(C3)N4C(=O)OCC3c4ccccc4-c4ccccc43)cc2)OC1(C)C. The van der Waals surface area contributed by atoms with Crippen LogP contribution in [0.1, 0.15) is 63.1 Å². The average molecular weight is 594 g/mol. The Morgan fingerprint density at radius 1 is 0.818 bits per heavy atom. The molecule has 0 N–H and O–H groups in total. The second kappa shape index (κ2) is 11.2. The predicted molar refractivity (Wildman–Crippen MR) is 169 cm³/mol. The number of hydrogen-bond donors (Lipinski definition) is 0. The molecule has 3 heterocycles. The molecule has 4 aliphatic rings. The Balaban J connectivity index is 0.973. The molecule has 0 saturated carbocycles. The van der Waals surface area contributed by atoms with Gasteiger partial charge in [-0.05, 0) is 73.8 Å². The van der Waals surface area contributed by atoms with Gasteiger partial charge in [-0.2, -0.15) is 0 Å². The second-order valence-electron chi connectivity index (χ2n) is 13.7. The topological polar surface area (TPSA) is 74.3 Å². The molecular formula is C36H40BNO6. The van der Waals surface area contributed by atoms with Crippen molar-refractivity contribution in [3.8, 4) is 11.1 Å². The summed E-state index contributed by atoms with van der Waals surface area (Å²) >= 11 is 0. The highest BCUT2D eigenvalue weighted by Crippen LogP contribution is 2.45. The Morgan fingerprint density at radius 3 is 1.93 bits per heavy atom. The van der Waals surface area contributed by atoms with Crippen LogP contribution in [0, 0.1) is 5.92 Å². The molecule has 0 aromatic heterocycles. The number of hydrogen-bond acceptors (Lipinski definition) is 6. The molecule has 3 aliphatic heterocycles. The van der Waals surface area contributed by atoms with Crippen LogP contribution < -0.4 is 5.46 Å². The third kappa shape index (κ3) is 5.17. The maximum Gasteiger partial charge on any atom is 0.494 e. The number of rotatable bonds is 6. The quantitative estimate of drug-likeness (QED) is 0.351. The molecule has 7 nitrogen and oxygen atoms in total. The zero-order chi connectivity index (χ0) is 30.6. The fourth-order valence-electron chi connectivity index (χ4n) is 7.26. The third-order valence-corrected chi connectivity index (χ3v) is 10.4. The number of morpholine rings is 1. The maximum atomic E-state index is 13.5. The lowest BCUT2D eigenvalue weighted by molar-refractivity contribution is -0.130. The highest BCUT2D eigenvalue weighted by molar-refractivity contribution is 6.62. The van der Waals surface area contributed by atoms with Crippen LogP contribution in [0.2, 0.25) is 0 Å². The fraction of sp³-hybridized carbons (Fsp3) is 0.444. The van der Waals surface area contributed by atoms with E-state index in [1.54, 1.807) is 0 Å². The van der Waals surface area contributed by atoms with Crippen LogP contribution in [0.25, 0.3) is 11.1 Å². The van der Waals surface area contributed by atoms with Gasteiger partial charge in [0.1, 0.15) is 12.4 Å². The molecule has 2 atom stereocenters. The predicted octanol–water partition coefficient (Wildman–Crippen LogP) is 5.53. The Hall–Kier alpha value is -3.46. The van der Waals surface area contributed by atoms with E-state index in [4.69, 9.17) is 18.8 Å². The van der Waals surface area contributed by atoms with Crippen LogP contribution >= 0.6 is 0 Å². The summed E-state index contributed by atoms with van der Waals surface area (Å²) in [5, 5.41) is 0. The molecule has 3 aromatic rings. The highest BCUT2D eigenvalue weighted by Gasteiger charge is 2.51. The van der Waals surface area contributed by atoms with Gasteiger partial charge in [-0.15, -0.1) is 0 Å². The number of benzene rings is 3. The molecule has 3 aromatic carbocycles. The van der Waals surface area contributed by atoms with Crippen molar-refractivity contribution in [3.63, 3.8) is 0 Å². The summed E-state index contributed by atoms with van der Waals surface area (Å²) in [5.74, 6) is 0.101. The second-order valence-corrected chi connectivity index (χ2v) is 13.7. The standard InChI is InChI=1S/C36H40BNO6/c1-35(2)36(3,4)44-37(43-35)25-15-13-23(14-16-25)17-33(39)24-18-26-20-41-21-27(19-24)38(26)34(40)42-22-32-30-11-7-5-9-28(30)29-10-6-8-12-31(29)32/h5-16,24,26-27,32H,17-22H2,1-4H3. The number of piperidine rings is 1. The average Bonchev–Trinajstić information content (AvgIpc) is 3.44. The van der Waals surface area contributed by atoms with Gasteiger partial charge in [-0.3, -0.25) is 9.69 Å². The van der Waals surface area contributed by atoms with Gasteiger partial charge >= 0.3 is 13.2 Å². The highest BCUT2D eigenvalue weighted by atomic mass is 16.7. The molecular weight excluding hydrogens is 553 g/mol. The molecule has 2 bridgehead atoms. The van der Waals surface area contributed by atoms with E-state index in [1.807, 2.05) is 81.1 Å². The summed E-state index contributed by atoms with van der Waals surface area (Å²) in [4.78, 5) is 28.9. The molecule has 0 radical (unpaired) electrons. The minimum absolute atomic E-state index is 0.0118. The number of fused-ring (bicyclic) bond motifs is 5. The summed E-state index contributed by atoms with van der Waals surface area (Å²) in [6.07, 6.45) is 1.23. The molecule has 228 valence electrons. The number of carbonyl (C=O) groups excluding carboxylic acids is 2. The first kappa shape index (κ1) is 29.3. The summed E-state index contributed by atoms with van der Waals surface area (Å²) in [6.45, 7) is 9.30. The van der Waals surface area contributed by atoms with E-state index in [0.717, 1.165) is 11.0 Å². The largest absolute Gasteiger partial charge is 0.494 e. The van der Waals surface area contributed by atoms with E-state index in [9.17, 15) is 9.59 Å². The van der Waals surface area contributed by atoms with Crippen molar-refractivity contribution in [3.05, 3.63) is 89.5 Å². The zero-order valence-corrected chi connectivity index (χ0v) is 26.0. The van der Waals surface area contributed by atoms with Gasteiger partial charge in [0.2, 0.25) is 0 Å². The van der Waals surface area contributed by atoms with Gasteiger partial charge in [0.05, 0.1) is 36.5 Å². The molecule has 44 heavy (non-hydrogen) atoms. The monoisotopic (exact) mass is 593 g/mol. The van der Waals surface area contributed by atoms with Crippen LogP contribution in [0.15, 0.2) is 72.8 Å². The summed E-state index contributed by atoms with van der Waals surface area (Å²) < 4.78 is 24.2. The lowest BCUT2D eigenvalue weighted by atomic mass is 9.78. The minimum Gasteiger partial charge on any atom is -0.448 e. The van der Waals surface area contributed by atoms with Crippen LogP contribution in [0.3, 0.4) is 0 Å². The number of nitrogens with zero attached hydrogens (tertiary/aromatic N) is 1. The van der Waals surface area contributed by atoms with Gasteiger partial charge in [0.15, 0.2) is 0 Å². The van der Waals surface area contributed by atoms with Crippen molar-refractivity contribution in [2.75, 3.05) is 19.8 Å². The molecule has 0 spiro atoms. The smallest absolute Gasteiger partial charge is 0.448 e. The first-order valence-electron chi connectivity index (χ1n) is 15.8. The lowest BCUT2D eigenvalue weighted by Gasteiger charge is -2.47. The van der Waals surface area contributed by atoms with E-state index < -0.39 is 18.3 Å². The van der Waals surface area contributed by atoms with Crippen molar-refractivity contribution in [2.24, 2.45) is 5.92 Å². The Kier molecular flexibility index (Phi) is 7.43. The van der Waals surface area contributed by atoms with Gasteiger partial charge in [0, 0.05) is 18.3 Å². The molecule has 8 heteroatoms. The summed E-state index contributed by atoms with van der Waals surface area (Å²) in [7, 11) is -0.425. The van der Waals surface area contributed by atoms with E-state index in [-0.39, 0.29) is 42.4 Å². The molecule has 7 rings (SSSR count).